The van der Waals surface area contributed by atoms with E-state index >= 15 is 0 Å². The molecule has 1 aliphatic heterocycles. The number of carbonyl (C=O) groups excluding carboxylic acids is 2. The van der Waals surface area contributed by atoms with Gasteiger partial charge in [-0.1, -0.05) is 84.0 Å². The van der Waals surface area contributed by atoms with Crippen LogP contribution >= 0.6 is 0 Å². The molecule has 0 saturated carbocycles. The van der Waals surface area contributed by atoms with E-state index in [9.17, 15) is 9.59 Å². The van der Waals surface area contributed by atoms with Crippen LogP contribution in [0.3, 0.4) is 0 Å². The molecule has 1 aromatic heterocycles. The summed E-state index contributed by atoms with van der Waals surface area (Å²) in [7, 11) is 0. The number of aryl methyl sites for hydroxylation is 1. The Labute approximate surface area is 270 Å². The Morgan fingerprint density at radius 2 is 1.50 bits per heavy atom. The first kappa shape index (κ1) is 31.0. The zero-order chi connectivity index (χ0) is 31.7. The first-order valence-corrected chi connectivity index (χ1v) is 16.0. The summed E-state index contributed by atoms with van der Waals surface area (Å²) in [6.45, 7) is 5.91. The smallest absolute Gasteiger partial charge is 0.264 e. The number of carbonyl (C=O) groups is 2. The van der Waals surface area contributed by atoms with Crippen molar-refractivity contribution < 1.29 is 18.8 Å². The third-order valence-electron chi connectivity index (χ3n) is 8.49. The predicted molar refractivity (Wildman–Crippen MR) is 180 cm³/mol. The van der Waals surface area contributed by atoms with Gasteiger partial charge in [0.25, 0.3) is 5.91 Å². The van der Waals surface area contributed by atoms with Crippen LogP contribution in [-0.2, 0) is 29.1 Å². The van der Waals surface area contributed by atoms with Crippen molar-refractivity contribution in [2.75, 3.05) is 37.7 Å². The number of ether oxygens (including phenoxy) is 1. The molecule has 0 bridgehead atoms. The summed E-state index contributed by atoms with van der Waals surface area (Å²) >= 11 is 0. The molecule has 8 heteroatoms. The molecule has 2 amide bonds. The minimum absolute atomic E-state index is 0.0246. The number of aromatic nitrogens is 1. The van der Waals surface area contributed by atoms with E-state index in [0.29, 0.717) is 36.7 Å². The fraction of sp³-hybridized carbons (Fsp3) is 0.289. The summed E-state index contributed by atoms with van der Waals surface area (Å²) in [6, 6.07) is 33.5. The standard InChI is InChI=1S/C38H40N4O4/c1-29-13-10-16-31-27-41(36(43)25-34-33-19-8-9-20-35(33)46-39-34)23-11-21-40(26-30-14-4-2-5-15-30)22-12-24-42(38(29)31)37(44)28-45-32-17-6-3-7-18-32/h2-10,13-20H,11-12,21-28H2,1H3. The second-order valence-electron chi connectivity index (χ2n) is 11.8. The molecule has 2 heterocycles. The van der Waals surface area contributed by atoms with Crippen molar-refractivity contribution in [3.63, 3.8) is 0 Å². The zero-order valence-corrected chi connectivity index (χ0v) is 26.3. The van der Waals surface area contributed by atoms with E-state index in [1.54, 1.807) is 0 Å². The number of rotatable bonds is 7. The van der Waals surface area contributed by atoms with E-state index < -0.39 is 0 Å². The quantitative estimate of drug-likeness (QED) is 0.210. The molecule has 6 rings (SSSR count). The lowest BCUT2D eigenvalue weighted by Crippen LogP contribution is -2.41. The van der Waals surface area contributed by atoms with Crippen LogP contribution < -0.4 is 9.64 Å². The van der Waals surface area contributed by atoms with E-state index in [-0.39, 0.29) is 24.8 Å². The van der Waals surface area contributed by atoms with Gasteiger partial charge >= 0.3 is 0 Å². The molecule has 46 heavy (non-hydrogen) atoms. The van der Waals surface area contributed by atoms with Gasteiger partial charge in [-0.25, -0.2) is 0 Å². The van der Waals surface area contributed by atoms with E-state index in [4.69, 9.17) is 9.26 Å². The lowest BCUT2D eigenvalue weighted by Gasteiger charge is -2.32. The topological polar surface area (TPSA) is 79.1 Å². The van der Waals surface area contributed by atoms with E-state index in [0.717, 1.165) is 54.7 Å². The molecule has 0 atom stereocenters. The highest BCUT2D eigenvalue weighted by atomic mass is 16.5. The Hall–Kier alpha value is -4.95. The lowest BCUT2D eigenvalue weighted by atomic mass is 10.0. The Balaban J connectivity index is 1.30. The summed E-state index contributed by atoms with van der Waals surface area (Å²) in [4.78, 5) is 34.1. The first-order valence-electron chi connectivity index (χ1n) is 16.0. The van der Waals surface area contributed by atoms with Crippen molar-refractivity contribution in [2.24, 2.45) is 0 Å². The third kappa shape index (κ3) is 7.64. The maximum absolute atomic E-state index is 14.0. The molecule has 236 valence electrons. The van der Waals surface area contributed by atoms with Gasteiger partial charge in [0, 0.05) is 44.7 Å². The molecule has 0 saturated heterocycles. The highest BCUT2D eigenvalue weighted by molar-refractivity contribution is 5.96. The zero-order valence-electron chi connectivity index (χ0n) is 26.3. The fourth-order valence-electron chi connectivity index (χ4n) is 6.20. The fourth-order valence-corrected chi connectivity index (χ4v) is 6.20. The maximum atomic E-state index is 14.0. The monoisotopic (exact) mass is 616 g/mol. The van der Waals surface area contributed by atoms with Gasteiger partial charge in [-0.05, 0) is 60.7 Å². The molecule has 4 aromatic carbocycles. The minimum atomic E-state index is -0.113. The largest absolute Gasteiger partial charge is 0.484 e. The number of hydrogen-bond acceptors (Lipinski definition) is 6. The van der Waals surface area contributed by atoms with Gasteiger partial charge in [0.15, 0.2) is 12.2 Å². The number of para-hydroxylation sites is 3. The Bertz CT molecular complexity index is 1750. The summed E-state index contributed by atoms with van der Waals surface area (Å²) < 4.78 is 11.4. The van der Waals surface area contributed by atoms with Crippen LogP contribution in [0.5, 0.6) is 5.75 Å². The molecular weight excluding hydrogens is 576 g/mol. The number of hydrogen-bond donors (Lipinski definition) is 0. The minimum Gasteiger partial charge on any atom is -0.484 e. The first-order chi connectivity index (χ1) is 22.5. The Morgan fingerprint density at radius 3 is 2.30 bits per heavy atom. The van der Waals surface area contributed by atoms with Gasteiger partial charge in [-0.15, -0.1) is 0 Å². The van der Waals surface area contributed by atoms with Crippen molar-refractivity contribution in [2.45, 2.75) is 39.3 Å². The highest BCUT2D eigenvalue weighted by Crippen LogP contribution is 2.29. The highest BCUT2D eigenvalue weighted by Gasteiger charge is 2.26. The Morgan fingerprint density at radius 1 is 0.783 bits per heavy atom. The summed E-state index contributed by atoms with van der Waals surface area (Å²) in [5.41, 5.74) is 5.32. The van der Waals surface area contributed by atoms with Gasteiger partial charge in [-0.2, -0.15) is 0 Å². The Kier molecular flexibility index (Phi) is 10.0. The van der Waals surface area contributed by atoms with Crippen LogP contribution in [0.15, 0.2) is 108 Å². The van der Waals surface area contributed by atoms with Gasteiger partial charge in [0.1, 0.15) is 11.4 Å². The molecule has 1 aliphatic rings. The van der Waals surface area contributed by atoms with Crippen molar-refractivity contribution in [1.29, 1.82) is 0 Å². The van der Waals surface area contributed by atoms with Crippen molar-refractivity contribution >= 4 is 28.5 Å². The van der Waals surface area contributed by atoms with Gasteiger partial charge in [0.05, 0.1) is 12.1 Å². The summed E-state index contributed by atoms with van der Waals surface area (Å²) in [5.74, 6) is 0.517. The van der Waals surface area contributed by atoms with Crippen LogP contribution in [0.1, 0.15) is 35.2 Å². The molecule has 0 fully saturated rings. The van der Waals surface area contributed by atoms with Gasteiger partial charge in [0.2, 0.25) is 5.91 Å². The molecule has 0 unspecified atom stereocenters. The average Bonchev–Trinajstić information content (AvgIpc) is 3.48. The molecule has 0 spiro atoms. The van der Waals surface area contributed by atoms with Gasteiger partial charge in [-0.3, -0.25) is 14.5 Å². The average molecular weight is 617 g/mol. The maximum Gasteiger partial charge on any atom is 0.264 e. The normalized spacial score (nSPS) is 14.7. The van der Waals surface area contributed by atoms with Crippen molar-refractivity contribution in [1.82, 2.24) is 15.0 Å². The number of fused-ring (bicyclic) bond motifs is 2. The number of nitrogens with zero attached hydrogens (tertiary/aromatic N) is 4. The molecule has 0 N–H and O–H groups in total. The number of benzene rings is 4. The van der Waals surface area contributed by atoms with Crippen LogP contribution in [-0.4, -0.2) is 59.6 Å². The predicted octanol–water partition coefficient (Wildman–Crippen LogP) is 6.42. The molecular formula is C38H40N4O4. The lowest BCUT2D eigenvalue weighted by molar-refractivity contribution is -0.131. The molecule has 5 aromatic rings. The third-order valence-corrected chi connectivity index (χ3v) is 8.49. The van der Waals surface area contributed by atoms with Gasteiger partial charge < -0.3 is 19.1 Å². The summed E-state index contributed by atoms with van der Waals surface area (Å²) in [5, 5.41) is 5.09. The van der Waals surface area contributed by atoms with Crippen LogP contribution in [0.25, 0.3) is 11.0 Å². The number of amides is 2. The number of anilines is 1. The van der Waals surface area contributed by atoms with Crippen molar-refractivity contribution in [3.8, 4) is 5.75 Å². The second kappa shape index (κ2) is 14.9. The molecule has 0 radical (unpaired) electrons. The van der Waals surface area contributed by atoms with E-state index in [1.165, 1.54) is 5.56 Å². The van der Waals surface area contributed by atoms with Crippen molar-refractivity contribution in [3.05, 3.63) is 126 Å². The van der Waals surface area contributed by atoms with Crippen LogP contribution in [0.4, 0.5) is 5.69 Å². The van der Waals surface area contributed by atoms with Crippen LogP contribution in [0, 0.1) is 6.92 Å². The summed E-state index contributed by atoms with van der Waals surface area (Å²) in [6.07, 6.45) is 1.77. The molecule has 8 nitrogen and oxygen atoms in total. The van der Waals surface area contributed by atoms with E-state index in [1.807, 2.05) is 95.6 Å². The second-order valence-corrected chi connectivity index (χ2v) is 11.8. The van der Waals surface area contributed by atoms with E-state index in [2.05, 4.69) is 34.3 Å². The van der Waals surface area contributed by atoms with Crippen LogP contribution in [0.2, 0.25) is 0 Å². The molecule has 0 aliphatic carbocycles. The SMILES string of the molecule is Cc1cccc2c1N(C(=O)COc1ccccc1)CCCN(Cc1ccccc1)CCCN(C(=O)Cc1noc3ccccc13)C2.